The standard InChI is InChI=1S/C20H22N2O3S/c1-14-11-18(19-12-16(3)22-25-19)9-10-20(14)26(23,24)21-13-15(2)17-7-5-4-6-8-17/h4-12,15,21H,13H2,1-3H3/t15-/m1/s1. The molecule has 0 spiro atoms. The maximum absolute atomic E-state index is 12.7. The first-order valence-electron chi connectivity index (χ1n) is 8.46. The molecule has 0 unspecified atom stereocenters. The Bertz CT molecular complexity index is 995. The van der Waals surface area contributed by atoms with Crippen molar-refractivity contribution in [2.75, 3.05) is 6.54 Å². The van der Waals surface area contributed by atoms with E-state index in [4.69, 9.17) is 4.52 Å². The summed E-state index contributed by atoms with van der Waals surface area (Å²) in [6, 6.07) is 16.8. The molecule has 0 aliphatic rings. The van der Waals surface area contributed by atoms with Crippen molar-refractivity contribution >= 4 is 10.0 Å². The highest BCUT2D eigenvalue weighted by atomic mass is 32.2. The molecule has 0 amide bonds. The number of nitrogens with zero attached hydrogens (tertiary/aromatic N) is 1. The lowest BCUT2D eigenvalue weighted by Gasteiger charge is -2.14. The molecule has 1 heterocycles. The zero-order valence-corrected chi connectivity index (χ0v) is 15.9. The summed E-state index contributed by atoms with van der Waals surface area (Å²) in [5.41, 5.74) is 3.35. The van der Waals surface area contributed by atoms with Crippen LogP contribution >= 0.6 is 0 Å². The van der Waals surface area contributed by atoms with Crippen LogP contribution in [-0.2, 0) is 10.0 Å². The monoisotopic (exact) mass is 370 g/mol. The van der Waals surface area contributed by atoms with Crippen molar-refractivity contribution in [3.8, 4) is 11.3 Å². The smallest absolute Gasteiger partial charge is 0.240 e. The molecule has 3 rings (SSSR count). The Morgan fingerprint density at radius 1 is 1.08 bits per heavy atom. The summed E-state index contributed by atoms with van der Waals surface area (Å²) in [5.74, 6) is 0.711. The number of rotatable bonds is 6. The van der Waals surface area contributed by atoms with Crippen LogP contribution in [0.4, 0.5) is 0 Å². The van der Waals surface area contributed by atoms with E-state index < -0.39 is 10.0 Å². The molecule has 0 saturated carbocycles. The summed E-state index contributed by atoms with van der Waals surface area (Å²) in [6.45, 7) is 5.97. The summed E-state index contributed by atoms with van der Waals surface area (Å²) >= 11 is 0. The summed E-state index contributed by atoms with van der Waals surface area (Å²) in [4.78, 5) is 0.276. The largest absolute Gasteiger partial charge is 0.356 e. The lowest BCUT2D eigenvalue weighted by molar-refractivity contribution is 0.427. The summed E-state index contributed by atoms with van der Waals surface area (Å²) < 4.78 is 33.3. The van der Waals surface area contributed by atoms with Gasteiger partial charge in [-0.15, -0.1) is 0 Å². The average molecular weight is 370 g/mol. The Kier molecular flexibility index (Phi) is 5.25. The number of aryl methyl sites for hydroxylation is 2. The zero-order chi connectivity index (χ0) is 18.7. The fourth-order valence-electron chi connectivity index (χ4n) is 2.82. The fraction of sp³-hybridized carbons (Fsp3) is 0.250. The van der Waals surface area contributed by atoms with Crippen molar-refractivity contribution in [1.82, 2.24) is 9.88 Å². The predicted molar refractivity (Wildman–Crippen MR) is 101 cm³/mol. The minimum absolute atomic E-state index is 0.0859. The van der Waals surface area contributed by atoms with E-state index in [1.165, 1.54) is 0 Å². The van der Waals surface area contributed by atoms with Crippen molar-refractivity contribution in [2.24, 2.45) is 0 Å². The zero-order valence-electron chi connectivity index (χ0n) is 15.1. The third kappa shape index (κ3) is 4.03. The Balaban J connectivity index is 1.77. The molecule has 0 aliphatic heterocycles. The van der Waals surface area contributed by atoms with Gasteiger partial charge in [0.15, 0.2) is 5.76 Å². The van der Waals surface area contributed by atoms with Crippen LogP contribution in [0.1, 0.15) is 29.7 Å². The molecule has 0 bridgehead atoms. The van der Waals surface area contributed by atoms with E-state index in [2.05, 4.69) is 9.88 Å². The number of nitrogens with one attached hydrogen (secondary N) is 1. The van der Waals surface area contributed by atoms with Gasteiger partial charge >= 0.3 is 0 Å². The van der Waals surface area contributed by atoms with Gasteiger partial charge in [0.05, 0.1) is 10.6 Å². The van der Waals surface area contributed by atoms with E-state index in [0.717, 1.165) is 16.8 Å². The Morgan fingerprint density at radius 2 is 1.81 bits per heavy atom. The van der Waals surface area contributed by atoms with Crippen LogP contribution in [-0.4, -0.2) is 20.1 Å². The molecular weight excluding hydrogens is 348 g/mol. The molecule has 5 nitrogen and oxygen atoms in total. The number of sulfonamides is 1. The van der Waals surface area contributed by atoms with Gasteiger partial charge < -0.3 is 4.52 Å². The average Bonchev–Trinajstić information content (AvgIpc) is 3.06. The number of hydrogen-bond donors (Lipinski definition) is 1. The SMILES string of the molecule is Cc1cc(-c2ccc(S(=O)(=O)NC[C@@H](C)c3ccccc3)c(C)c2)on1. The third-order valence-electron chi connectivity index (χ3n) is 4.33. The fourth-order valence-corrected chi connectivity index (χ4v) is 4.17. The maximum Gasteiger partial charge on any atom is 0.240 e. The van der Waals surface area contributed by atoms with Crippen molar-refractivity contribution in [1.29, 1.82) is 0 Å². The van der Waals surface area contributed by atoms with E-state index in [0.29, 0.717) is 17.9 Å². The molecule has 0 saturated heterocycles. The number of aromatic nitrogens is 1. The second-order valence-electron chi connectivity index (χ2n) is 6.48. The van der Waals surface area contributed by atoms with Crippen molar-refractivity contribution in [2.45, 2.75) is 31.6 Å². The minimum Gasteiger partial charge on any atom is -0.356 e. The Hall–Kier alpha value is -2.44. The van der Waals surface area contributed by atoms with E-state index in [-0.39, 0.29) is 10.8 Å². The van der Waals surface area contributed by atoms with Crippen LogP contribution in [0.15, 0.2) is 64.0 Å². The molecule has 1 atom stereocenters. The summed E-state index contributed by atoms with van der Waals surface area (Å²) in [5, 5.41) is 3.87. The van der Waals surface area contributed by atoms with Crippen molar-refractivity contribution < 1.29 is 12.9 Å². The molecule has 1 aromatic heterocycles. The molecule has 0 fully saturated rings. The molecule has 6 heteroatoms. The molecule has 3 aromatic rings. The molecular formula is C20H22N2O3S. The highest BCUT2D eigenvalue weighted by molar-refractivity contribution is 7.89. The summed E-state index contributed by atoms with van der Waals surface area (Å²) in [7, 11) is -3.58. The molecule has 136 valence electrons. The summed E-state index contributed by atoms with van der Waals surface area (Å²) in [6.07, 6.45) is 0. The molecule has 0 aliphatic carbocycles. The Morgan fingerprint density at radius 3 is 2.42 bits per heavy atom. The number of hydrogen-bond acceptors (Lipinski definition) is 4. The van der Waals surface area contributed by atoms with E-state index in [1.54, 1.807) is 25.1 Å². The van der Waals surface area contributed by atoms with Crippen LogP contribution in [0.2, 0.25) is 0 Å². The molecule has 1 N–H and O–H groups in total. The molecule has 26 heavy (non-hydrogen) atoms. The van der Waals surface area contributed by atoms with Gasteiger partial charge in [-0.1, -0.05) is 42.4 Å². The first kappa shape index (κ1) is 18.4. The highest BCUT2D eigenvalue weighted by Gasteiger charge is 2.19. The van der Waals surface area contributed by atoms with Crippen LogP contribution in [0, 0.1) is 13.8 Å². The number of benzene rings is 2. The van der Waals surface area contributed by atoms with Crippen molar-refractivity contribution in [3.05, 3.63) is 71.4 Å². The van der Waals surface area contributed by atoms with E-state index >= 15 is 0 Å². The van der Waals surface area contributed by atoms with Crippen LogP contribution < -0.4 is 4.72 Å². The van der Waals surface area contributed by atoms with Gasteiger partial charge in [-0.3, -0.25) is 0 Å². The van der Waals surface area contributed by atoms with Crippen LogP contribution in [0.5, 0.6) is 0 Å². The third-order valence-corrected chi connectivity index (χ3v) is 5.91. The van der Waals surface area contributed by atoms with E-state index in [9.17, 15) is 8.42 Å². The Labute approximate surface area is 154 Å². The van der Waals surface area contributed by atoms with E-state index in [1.807, 2.05) is 50.2 Å². The lowest BCUT2D eigenvalue weighted by Crippen LogP contribution is -2.28. The first-order valence-corrected chi connectivity index (χ1v) is 9.94. The van der Waals surface area contributed by atoms with Crippen LogP contribution in [0.3, 0.4) is 0 Å². The maximum atomic E-state index is 12.7. The molecule has 0 radical (unpaired) electrons. The van der Waals surface area contributed by atoms with Gasteiger partial charge in [0.1, 0.15) is 0 Å². The second kappa shape index (κ2) is 7.43. The van der Waals surface area contributed by atoms with Crippen molar-refractivity contribution in [3.63, 3.8) is 0 Å². The van der Waals surface area contributed by atoms with Gasteiger partial charge in [-0.25, -0.2) is 13.1 Å². The van der Waals surface area contributed by atoms with Gasteiger partial charge in [0.25, 0.3) is 0 Å². The van der Waals surface area contributed by atoms with Crippen LogP contribution in [0.25, 0.3) is 11.3 Å². The first-order chi connectivity index (χ1) is 12.4. The molecule has 2 aromatic carbocycles. The quantitative estimate of drug-likeness (QED) is 0.711. The minimum atomic E-state index is -3.58. The topological polar surface area (TPSA) is 72.2 Å². The highest BCUT2D eigenvalue weighted by Crippen LogP contribution is 2.25. The van der Waals surface area contributed by atoms with Gasteiger partial charge in [-0.2, -0.15) is 0 Å². The van der Waals surface area contributed by atoms with Gasteiger partial charge in [0, 0.05) is 18.2 Å². The normalized spacial score (nSPS) is 12.9. The van der Waals surface area contributed by atoms with Gasteiger partial charge in [-0.05, 0) is 49.1 Å². The predicted octanol–water partition coefficient (Wildman–Crippen LogP) is 4.04. The van der Waals surface area contributed by atoms with Gasteiger partial charge in [0.2, 0.25) is 10.0 Å². The lowest BCUT2D eigenvalue weighted by atomic mass is 10.0. The second-order valence-corrected chi connectivity index (χ2v) is 8.21.